The average molecular weight is 300 g/mol. The zero-order chi connectivity index (χ0) is 14.8. The number of hydrogen-bond acceptors (Lipinski definition) is 1. The van der Waals surface area contributed by atoms with Crippen molar-refractivity contribution in [2.75, 3.05) is 4.90 Å². The Balaban J connectivity index is 1.99. The summed E-state index contributed by atoms with van der Waals surface area (Å²) in [6.45, 7) is 2.12. The molecule has 1 fully saturated rings. The molecule has 0 saturated heterocycles. The van der Waals surface area contributed by atoms with E-state index in [1.54, 1.807) is 12.1 Å². The summed E-state index contributed by atoms with van der Waals surface area (Å²) in [5, 5.41) is 0.506. The van der Waals surface area contributed by atoms with Crippen LogP contribution >= 0.6 is 11.6 Å². The molecule has 0 bridgehead atoms. The van der Waals surface area contributed by atoms with Crippen molar-refractivity contribution in [1.82, 2.24) is 0 Å². The summed E-state index contributed by atoms with van der Waals surface area (Å²) in [6.07, 6.45) is 2.39. The average Bonchev–Trinajstić information content (AvgIpc) is 3.33. The molecule has 2 aromatic rings. The smallest absolute Gasteiger partial charge is 0.260 e. The predicted molar refractivity (Wildman–Crippen MR) is 86.9 cm³/mol. The van der Waals surface area contributed by atoms with E-state index >= 15 is 0 Å². The van der Waals surface area contributed by atoms with Gasteiger partial charge >= 0.3 is 0 Å². The number of para-hydroxylation sites is 1. The number of amides is 1. The molecule has 1 aliphatic rings. The van der Waals surface area contributed by atoms with Gasteiger partial charge < -0.3 is 4.90 Å². The van der Waals surface area contributed by atoms with Crippen LogP contribution in [0.3, 0.4) is 0 Å². The first-order chi connectivity index (χ1) is 10.2. The minimum Gasteiger partial charge on any atom is -0.305 e. The van der Waals surface area contributed by atoms with Crippen molar-refractivity contribution in [1.29, 1.82) is 0 Å². The van der Waals surface area contributed by atoms with Crippen LogP contribution in [0.25, 0.3) is 0 Å². The Kier molecular flexibility index (Phi) is 3.98. The first-order valence-corrected chi connectivity index (χ1v) is 7.69. The van der Waals surface area contributed by atoms with E-state index in [1.807, 2.05) is 47.4 Å². The number of carbonyl (C=O) groups is 1. The molecular formula is C18H18ClNO. The SMILES string of the molecule is C[C@@H](C1CC1)N(C(=O)c1ccccc1Cl)c1ccccc1. The van der Waals surface area contributed by atoms with Crippen molar-refractivity contribution in [3.63, 3.8) is 0 Å². The van der Waals surface area contributed by atoms with Gasteiger partial charge in [-0.2, -0.15) is 0 Å². The maximum absolute atomic E-state index is 13.0. The minimum absolute atomic E-state index is 0.0220. The summed E-state index contributed by atoms with van der Waals surface area (Å²) >= 11 is 6.20. The number of halogens is 1. The van der Waals surface area contributed by atoms with E-state index in [0.29, 0.717) is 16.5 Å². The number of nitrogens with zero attached hydrogens (tertiary/aromatic N) is 1. The van der Waals surface area contributed by atoms with Crippen molar-refractivity contribution in [2.24, 2.45) is 5.92 Å². The van der Waals surface area contributed by atoms with Crippen LogP contribution in [-0.4, -0.2) is 11.9 Å². The minimum atomic E-state index is -0.0220. The van der Waals surface area contributed by atoms with Gasteiger partial charge in [-0.3, -0.25) is 4.79 Å². The Bertz CT molecular complexity index is 637. The van der Waals surface area contributed by atoms with E-state index in [9.17, 15) is 4.79 Å². The van der Waals surface area contributed by atoms with E-state index in [2.05, 4.69) is 6.92 Å². The molecule has 0 N–H and O–H groups in total. The Morgan fingerprint density at radius 3 is 2.33 bits per heavy atom. The Morgan fingerprint density at radius 1 is 1.10 bits per heavy atom. The number of rotatable bonds is 4. The second-order valence-electron chi connectivity index (χ2n) is 5.57. The van der Waals surface area contributed by atoms with Crippen molar-refractivity contribution in [2.45, 2.75) is 25.8 Å². The van der Waals surface area contributed by atoms with Crippen LogP contribution in [0.2, 0.25) is 5.02 Å². The van der Waals surface area contributed by atoms with Gasteiger partial charge in [0.2, 0.25) is 0 Å². The van der Waals surface area contributed by atoms with Crippen LogP contribution in [0.15, 0.2) is 54.6 Å². The van der Waals surface area contributed by atoms with Crippen LogP contribution < -0.4 is 4.90 Å². The summed E-state index contributed by atoms with van der Waals surface area (Å²) in [4.78, 5) is 14.9. The van der Waals surface area contributed by atoms with E-state index in [-0.39, 0.29) is 11.9 Å². The highest BCUT2D eigenvalue weighted by Crippen LogP contribution is 2.37. The third-order valence-electron chi connectivity index (χ3n) is 4.07. The molecule has 0 unspecified atom stereocenters. The summed E-state index contributed by atoms with van der Waals surface area (Å²) in [6, 6.07) is 17.3. The molecule has 0 radical (unpaired) electrons. The van der Waals surface area contributed by atoms with Crippen molar-refractivity contribution >= 4 is 23.2 Å². The van der Waals surface area contributed by atoms with Gasteiger partial charge in [0.1, 0.15) is 0 Å². The number of carbonyl (C=O) groups excluding carboxylic acids is 1. The third-order valence-corrected chi connectivity index (χ3v) is 4.40. The van der Waals surface area contributed by atoms with Crippen LogP contribution in [0, 0.1) is 5.92 Å². The molecule has 1 amide bonds. The quantitative estimate of drug-likeness (QED) is 0.795. The van der Waals surface area contributed by atoms with E-state index in [0.717, 1.165) is 5.69 Å². The summed E-state index contributed by atoms with van der Waals surface area (Å²) in [5.41, 5.74) is 1.50. The number of anilines is 1. The first-order valence-electron chi connectivity index (χ1n) is 7.31. The molecular weight excluding hydrogens is 282 g/mol. The second-order valence-corrected chi connectivity index (χ2v) is 5.98. The highest BCUT2D eigenvalue weighted by Gasteiger charge is 2.35. The molecule has 1 aliphatic carbocycles. The summed E-state index contributed by atoms with van der Waals surface area (Å²) < 4.78 is 0. The lowest BCUT2D eigenvalue weighted by Crippen LogP contribution is -2.40. The van der Waals surface area contributed by atoms with E-state index in [4.69, 9.17) is 11.6 Å². The maximum Gasteiger partial charge on any atom is 0.260 e. The van der Waals surface area contributed by atoms with Gasteiger partial charge in [-0.25, -0.2) is 0 Å². The van der Waals surface area contributed by atoms with E-state index in [1.165, 1.54) is 12.8 Å². The zero-order valence-electron chi connectivity index (χ0n) is 12.0. The van der Waals surface area contributed by atoms with Crippen LogP contribution in [0.4, 0.5) is 5.69 Å². The molecule has 1 atom stereocenters. The molecule has 21 heavy (non-hydrogen) atoms. The molecule has 3 rings (SSSR count). The Labute approximate surface area is 130 Å². The summed E-state index contributed by atoms with van der Waals surface area (Å²) in [5.74, 6) is 0.572. The van der Waals surface area contributed by atoms with Gasteiger partial charge in [-0.15, -0.1) is 0 Å². The topological polar surface area (TPSA) is 20.3 Å². The number of hydrogen-bond donors (Lipinski definition) is 0. The lowest BCUT2D eigenvalue weighted by molar-refractivity contribution is 0.0976. The maximum atomic E-state index is 13.0. The second kappa shape index (κ2) is 5.90. The lowest BCUT2D eigenvalue weighted by Gasteiger charge is -2.30. The van der Waals surface area contributed by atoms with Gasteiger partial charge in [-0.05, 0) is 49.9 Å². The molecule has 0 aromatic heterocycles. The molecule has 1 saturated carbocycles. The van der Waals surface area contributed by atoms with Crippen LogP contribution in [0.5, 0.6) is 0 Å². The standard InChI is InChI=1S/C18H18ClNO/c1-13(14-11-12-14)20(15-7-3-2-4-8-15)18(21)16-9-5-6-10-17(16)19/h2-10,13-14H,11-12H2,1H3/t13-/m0/s1. The van der Waals surface area contributed by atoms with Crippen molar-refractivity contribution < 1.29 is 4.79 Å². The summed E-state index contributed by atoms with van der Waals surface area (Å²) in [7, 11) is 0. The largest absolute Gasteiger partial charge is 0.305 e. The third kappa shape index (κ3) is 2.96. The molecule has 0 heterocycles. The molecule has 0 aliphatic heterocycles. The van der Waals surface area contributed by atoms with Gasteiger partial charge in [0.15, 0.2) is 0 Å². The normalized spacial score (nSPS) is 15.5. The van der Waals surface area contributed by atoms with Gasteiger partial charge in [0, 0.05) is 11.7 Å². The van der Waals surface area contributed by atoms with Gasteiger partial charge in [0.25, 0.3) is 5.91 Å². The van der Waals surface area contributed by atoms with E-state index < -0.39 is 0 Å². The van der Waals surface area contributed by atoms with Gasteiger partial charge in [-0.1, -0.05) is 41.9 Å². The van der Waals surface area contributed by atoms with Gasteiger partial charge in [0.05, 0.1) is 10.6 Å². The fourth-order valence-electron chi connectivity index (χ4n) is 2.68. The van der Waals surface area contributed by atoms with Crippen LogP contribution in [-0.2, 0) is 0 Å². The van der Waals surface area contributed by atoms with Crippen LogP contribution in [0.1, 0.15) is 30.1 Å². The highest BCUT2D eigenvalue weighted by molar-refractivity contribution is 6.34. The first kappa shape index (κ1) is 14.2. The Morgan fingerprint density at radius 2 is 1.71 bits per heavy atom. The Hall–Kier alpha value is -1.80. The highest BCUT2D eigenvalue weighted by atomic mass is 35.5. The monoisotopic (exact) mass is 299 g/mol. The van der Waals surface area contributed by atoms with Crippen molar-refractivity contribution in [3.05, 3.63) is 65.2 Å². The predicted octanol–water partition coefficient (Wildman–Crippen LogP) is 4.79. The zero-order valence-corrected chi connectivity index (χ0v) is 12.8. The molecule has 3 heteroatoms. The fraction of sp³-hybridized carbons (Fsp3) is 0.278. The molecule has 2 aromatic carbocycles. The molecule has 0 spiro atoms. The molecule has 2 nitrogen and oxygen atoms in total. The lowest BCUT2D eigenvalue weighted by atomic mass is 10.1. The molecule has 108 valence electrons. The number of benzene rings is 2. The van der Waals surface area contributed by atoms with Crippen molar-refractivity contribution in [3.8, 4) is 0 Å². The fourth-order valence-corrected chi connectivity index (χ4v) is 2.90.